The highest BCUT2D eigenvalue weighted by Gasteiger charge is 2.13. The van der Waals surface area contributed by atoms with Crippen molar-refractivity contribution < 1.29 is 9.53 Å². The number of hydrogen-bond acceptors (Lipinski definition) is 3. The summed E-state index contributed by atoms with van der Waals surface area (Å²) < 4.78 is 5.20. The molecule has 0 aliphatic carbocycles. The van der Waals surface area contributed by atoms with E-state index in [1.807, 2.05) is 37.3 Å². The zero-order valence-corrected chi connectivity index (χ0v) is 10.7. The van der Waals surface area contributed by atoms with E-state index in [2.05, 4.69) is 10.3 Å². The first kappa shape index (κ1) is 13.1. The van der Waals surface area contributed by atoms with Crippen LogP contribution < -0.4 is 10.1 Å². The van der Waals surface area contributed by atoms with Crippen molar-refractivity contribution >= 4 is 6.09 Å². The normalized spacial score (nSPS) is 11.6. The Morgan fingerprint density at radius 2 is 1.89 bits per heavy atom. The first-order valence-electron chi connectivity index (χ1n) is 6.23. The minimum atomic E-state index is -0.449. The molecule has 4 nitrogen and oxygen atoms in total. The third-order valence-corrected chi connectivity index (χ3v) is 2.76. The van der Waals surface area contributed by atoms with Crippen molar-refractivity contribution in [1.29, 1.82) is 0 Å². The predicted octanol–water partition coefficient (Wildman–Crippen LogP) is 3.32. The van der Waals surface area contributed by atoms with E-state index in [4.69, 9.17) is 4.74 Å². The molecule has 0 fully saturated rings. The molecule has 0 aliphatic heterocycles. The molecule has 0 spiro atoms. The Morgan fingerprint density at radius 3 is 2.53 bits per heavy atom. The Balaban J connectivity index is 1.97. The number of nitrogens with one attached hydrogen (secondary N) is 1. The van der Waals surface area contributed by atoms with Crippen molar-refractivity contribution in [2.24, 2.45) is 0 Å². The minimum Gasteiger partial charge on any atom is -0.410 e. The molecule has 98 valence electrons. The molecule has 0 saturated heterocycles. The molecule has 2 rings (SSSR count). The smallest absolute Gasteiger partial charge is 0.410 e. The summed E-state index contributed by atoms with van der Waals surface area (Å²) >= 11 is 0. The van der Waals surface area contributed by atoms with Gasteiger partial charge in [-0.1, -0.05) is 25.1 Å². The lowest BCUT2D eigenvalue weighted by molar-refractivity contribution is 0.195. The third kappa shape index (κ3) is 3.81. The SMILES string of the molecule is CCC(NC(=O)Oc1ccccc1)c1ccncc1. The van der Waals surface area contributed by atoms with E-state index in [-0.39, 0.29) is 6.04 Å². The van der Waals surface area contributed by atoms with Gasteiger partial charge in [-0.2, -0.15) is 0 Å². The number of aromatic nitrogens is 1. The van der Waals surface area contributed by atoms with Crippen LogP contribution in [0.1, 0.15) is 24.9 Å². The van der Waals surface area contributed by atoms with Crippen LogP contribution in [0.5, 0.6) is 5.75 Å². The monoisotopic (exact) mass is 256 g/mol. The van der Waals surface area contributed by atoms with Gasteiger partial charge >= 0.3 is 6.09 Å². The van der Waals surface area contributed by atoms with Crippen LogP contribution in [0.2, 0.25) is 0 Å². The van der Waals surface area contributed by atoms with Crippen molar-refractivity contribution in [2.75, 3.05) is 0 Å². The van der Waals surface area contributed by atoms with Gasteiger partial charge in [0.15, 0.2) is 0 Å². The Hall–Kier alpha value is -2.36. The lowest BCUT2D eigenvalue weighted by atomic mass is 10.1. The van der Waals surface area contributed by atoms with Crippen LogP contribution in [0.25, 0.3) is 0 Å². The highest BCUT2D eigenvalue weighted by atomic mass is 16.6. The van der Waals surface area contributed by atoms with Gasteiger partial charge in [-0.15, -0.1) is 0 Å². The summed E-state index contributed by atoms with van der Waals surface area (Å²) in [5, 5.41) is 2.84. The predicted molar refractivity (Wildman–Crippen MR) is 72.9 cm³/mol. The van der Waals surface area contributed by atoms with Crippen LogP contribution in [-0.4, -0.2) is 11.1 Å². The van der Waals surface area contributed by atoms with E-state index in [0.717, 1.165) is 12.0 Å². The topological polar surface area (TPSA) is 51.2 Å². The molecule has 0 aliphatic rings. The summed E-state index contributed by atoms with van der Waals surface area (Å²) in [4.78, 5) is 15.8. The summed E-state index contributed by atoms with van der Waals surface area (Å²) in [7, 11) is 0. The lowest BCUT2D eigenvalue weighted by Gasteiger charge is -2.16. The number of carbonyl (C=O) groups is 1. The van der Waals surface area contributed by atoms with Crippen LogP contribution in [0.15, 0.2) is 54.9 Å². The van der Waals surface area contributed by atoms with Gasteiger partial charge in [0.1, 0.15) is 5.75 Å². The van der Waals surface area contributed by atoms with Crippen molar-refractivity contribution in [3.8, 4) is 5.75 Å². The van der Waals surface area contributed by atoms with Gasteiger partial charge in [-0.3, -0.25) is 4.98 Å². The highest BCUT2D eigenvalue weighted by Crippen LogP contribution is 2.16. The Bertz CT molecular complexity index is 514. The van der Waals surface area contributed by atoms with E-state index in [1.54, 1.807) is 24.5 Å². The molecular formula is C15H16N2O2. The second-order valence-electron chi connectivity index (χ2n) is 4.09. The number of hydrogen-bond donors (Lipinski definition) is 1. The van der Waals surface area contributed by atoms with Crippen LogP contribution in [0.3, 0.4) is 0 Å². The van der Waals surface area contributed by atoms with Gasteiger partial charge in [-0.25, -0.2) is 4.79 Å². The van der Waals surface area contributed by atoms with Crippen LogP contribution >= 0.6 is 0 Å². The molecule has 0 radical (unpaired) electrons. The van der Waals surface area contributed by atoms with Crippen molar-refractivity contribution in [3.05, 3.63) is 60.4 Å². The minimum absolute atomic E-state index is 0.0702. The number of carbonyl (C=O) groups excluding carboxylic acids is 1. The van der Waals surface area contributed by atoms with E-state index in [9.17, 15) is 4.79 Å². The zero-order chi connectivity index (χ0) is 13.5. The summed E-state index contributed by atoms with van der Waals surface area (Å²) in [6, 6.07) is 12.7. The second kappa shape index (κ2) is 6.54. The van der Waals surface area contributed by atoms with Crippen LogP contribution in [0.4, 0.5) is 4.79 Å². The van der Waals surface area contributed by atoms with Crippen molar-refractivity contribution in [3.63, 3.8) is 0 Å². The molecule has 1 aromatic carbocycles. The summed E-state index contributed by atoms with van der Waals surface area (Å²) in [5.74, 6) is 0.532. The summed E-state index contributed by atoms with van der Waals surface area (Å²) in [6.45, 7) is 2.01. The lowest BCUT2D eigenvalue weighted by Crippen LogP contribution is -2.30. The number of benzene rings is 1. The largest absolute Gasteiger partial charge is 0.413 e. The average Bonchev–Trinajstić information content (AvgIpc) is 2.47. The van der Waals surface area contributed by atoms with Gasteiger partial charge in [0.05, 0.1) is 6.04 Å². The number of rotatable bonds is 4. The van der Waals surface area contributed by atoms with Gasteiger partial charge < -0.3 is 10.1 Å². The second-order valence-corrected chi connectivity index (χ2v) is 4.09. The number of nitrogens with zero attached hydrogens (tertiary/aromatic N) is 1. The van der Waals surface area contributed by atoms with E-state index in [1.165, 1.54) is 0 Å². The fourth-order valence-corrected chi connectivity index (χ4v) is 1.78. The quantitative estimate of drug-likeness (QED) is 0.913. The summed E-state index contributed by atoms with van der Waals surface area (Å²) in [6.07, 6.45) is 3.76. The molecule has 0 bridgehead atoms. The third-order valence-electron chi connectivity index (χ3n) is 2.76. The van der Waals surface area contributed by atoms with Gasteiger partial charge in [0, 0.05) is 12.4 Å². The van der Waals surface area contributed by atoms with Gasteiger partial charge in [-0.05, 0) is 36.2 Å². The number of amides is 1. The Morgan fingerprint density at radius 1 is 1.21 bits per heavy atom. The number of ether oxygens (including phenoxy) is 1. The molecule has 19 heavy (non-hydrogen) atoms. The molecule has 1 aromatic heterocycles. The maximum absolute atomic E-state index is 11.8. The van der Waals surface area contributed by atoms with Crippen LogP contribution in [-0.2, 0) is 0 Å². The Labute approximate surface area is 112 Å². The molecule has 0 saturated carbocycles. The fraction of sp³-hybridized carbons (Fsp3) is 0.200. The molecule has 1 heterocycles. The first-order chi connectivity index (χ1) is 9.29. The molecule has 1 amide bonds. The molecular weight excluding hydrogens is 240 g/mol. The summed E-state index contributed by atoms with van der Waals surface area (Å²) in [5.41, 5.74) is 1.02. The van der Waals surface area contributed by atoms with Crippen LogP contribution in [0, 0.1) is 0 Å². The highest BCUT2D eigenvalue weighted by molar-refractivity contribution is 5.70. The zero-order valence-electron chi connectivity index (χ0n) is 10.7. The number of para-hydroxylation sites is 1. The van der Waals surface area contributed by atoms with E-state index in [0.29, 0.717) is 5.75 Å². The Kier molecular flexibility index (Phi) is 4.50. The number of pyridine rings is 1. The molecule has 2 aromatic rings. The first-order valence-corrected chi connectivity index (χ1v) is 6.23. The fourth-order valence-electron chi connectivity index (χ4n) is 1.78. The van der Waals surface area contributed by atoms with Crippen molar-refractivity contribution in [1.82, 2.24) is 10.3 Å². The molecule has 4 heteroatoms. The van der Waals surface area contributed by atoms with Gasteiger partial charge in [0.25, 0.3) is 0 Å². The maximum Gasteiger partial charge on any atom is 0.413 e. The standard InChI is InChI=1S/C15H16N2O2/c1-2-14(12-8-10-16-11-9-12)17-15(18)19-13-6-4-3-5-7-13/h3-11,14H,2H2,1H3,(H,17,18). The molecule has 1 N–H and O–H groups in total. The molecule has 1 atom stereocenters. The van der Waals surface area contributed by atoms with E-state index < -0.39 is 6.09 Å². The van der Waals surface area contributed by atoms with E-state index >= 15 is 0 Å². The molecule has 1 unspecified atom stereocenters. The maximum atomic E-state index is 11.8. The average molecular weight is 256 g/mol. The van der Waals surface area contributed by atoms with Gasteiger partial charge in [0.2, 0.25) is 0 Å². The van der Waals surface area contributed by atoms with Crippen molar-refractivity contribution in [2.45, 2.75) is 19.4 Å².